The van der Waals surface area contributed by atoms with Crippen LogP contribution in [0.2, 0.25) is 0 Å². The number of hydrogen-bond donors (Lipinski definition) is 2. The molecule has 1 aliphatic carbocycles. The van der Waals surface area contributed by atoms with Crippen molar-refractivity contribution >= 4 is 17.8 Å². The maximum atomic E-state index is 12.5. The zero-order valence-corrected chi connectivity index (χ0v) is 14.6. The van der Waals surface area contributed by atoms with Crippen molar-refractivity contribution in [1.29, 1.82) is 0 Å². The number of carbonyl (C=O) groups excluding carboxylic acids is 3. The first-order valence-corrected chi connectivity index (χ1v) is 8.97. The van der Waals surface area contributed by atoms with Crippen LogP contribution in [0.5, 0.6) is 0 Å². The highest BCUT2D eigenvalue weighted by Crippen LogP contribution is 2.34. The Kier molecular flexibility index (Phi) is 5.06. The second-order valence-electron chi connectivity index (χ2n) is 7.10. The molecule has 1 aliphatic heterocycles. The Morgan fingerprint density at radius 3 is 2.60 bits per heavy atom. The summed E-state index contributed by atoms with van der Waals surface area (Å²) in [6.07, 6.45) is 4.88. The van der Waals surface area contributed by atoms with Gasteiger partial charge in [-0.3, -0.25) is 14.5 Å². The molecule has 1 aromatic rings. The van der Waals surface area contributed by atoms with Gasteiger partial charge in [-0.1, -0.05) is 43.2 Å². The number of amides is 4. The topological polar surface area (TPSA) is 78.5 Å². The number of nitrogens with zero attached hydrogens (tertiary/aromatic N) is 1. The zero-order valence-electron chi connectivity index (χ0n) is 14.6. The zero-order chi connectivity index (χ0) is 17.9. The summed E-state index contributed by atoms with van der Waals surface area (Å²) in [7, 11) is 0. The number of urea groups is 1. The van der Waals surface area contributed by atoms with Crippen LogP contribution in [-0.2, 0) is 16.0 Å². The number of carbonyl (C=O) groups is 3. The molecule has 1 saturated carbocycles. The van der Waals surface area contributed by atoms with Crippen molar-refractivity contribution in [3.05, 3.63) is 35.9 Å². The van der Waals surface area contributed by atoms with Gasteiger partial charge in [0.25, 0.3) is 5.91 Å². The molecule has 0 aromatic heterocycles. The number of imide groups is 1. The minimum Gasteiger partial charge on any atom is -0.352 e. The highest BCUT2D eigenvalue weighted by Gasteiger charge is 2.52. The van der Waals surface area contributed by atoms with E-state index in [2.05, 4.69) is 22.8 Å². The van der Waals surface area contributed by atoms with Crippen molar-refractivity contribution in [2.24, 2.45) is 0 Å². The molecule has 1 atom stereocenters. The highest BCUT2D eigenvalue weighted by atomic mass is 16.2. The molecule has 0 unspecified atom stereocenters. The fourth-order valence-electron chi connectivity index (χ4n) is 3.70. The number of aryl methyl sites for hydroxylation is 1. The molecule has 2 N–H and O–H groups in total. The molecule has 2 fully saturated rings. The number of hydrogen-bond acceptors (Lipinski definition) is 3. The Labute approximate surface area is 148 Å². The molecule has 4 amide bonds. The lowest BCUT2D eigenvalue weighted by molar-refractivity contribution is -0.135. The molecule has 1 saturated heterocycles. The van der Waals surface area contributed by atoms with Gasteiger partial charge in [-0.25, -0.2) is 4.79 Å². The van der Waals surface area contributed by atoms with Crippen LogP contribution < -0.4 is 10.6 Å². The summed E-state index contributed by atoms with van der Waals surface area (Å²) in [6.45, 7) is 1.73. The summed E-state index contributed by atoms with van der Waals surface area (Å²) in [5.41, 5.74) is 0.469. The Hall–Kier alpha value is -2.37. The van der Waals surface area contributed by atoms with E-state index in [9.17, 15) is 14.4 Å². The van der Waals surface area contributed by atoms with E-state index in [1.54, 1.807) is 0 Å². The predicted octanol–water partition coefficient (Wildman–Crippen LogP) is 1.99. The molecular formula is C19H25N3O3. The molecular weight excluding hydrogens is 318 g/mol. The summed E-state index contributed by atoms with van der Waals surface area (Å²) in [5.74, 6) is -0.541. The first kappa shape index (κ1) is 17.5. The van der Waals surface area contributed by atoms with Gasteiger partial charge in [0.15, 0.2) is 0 Å². The predicted molar refractivity (Wildman–Crippen MR) is 93.8 cm³/mol. The highest BCUT2D eigenvalue weighted by molar-refractivity contribution is 6.09. The lowest BCUT2D eigenvalue weighted by atomic mass is 9.98. The van der Waals surface area contributed by atoms with Crippen molar-refractivity contribution < 1.29 is 14.4 Å². The van der Waals surface area contributed by atoms with E-state index in [-0.39, 0.29) is 24.4 Å². The molecule has 0 bridgehead atoms. The quantitative estimate of drug-likeness (QED) is 0.775. The summed E-state index contributed by atoms with van der Waals surface area (Å²) >= 11 is 0. The third-order valence-electron chi connectivity index (χ3n) is 5.12. The van der Waals surface area contributed by atoms with Gasteiger partial charge < -0.3 is 10.6 Å². The van der Waals surface area contributed by atoms with Crippen molar-refractivity contribution in [2.45, 2.75) is 57.0 Å². The second-order valence-corrected chi connectivity index (χ2v) is 7.10. The van der Waals surface area contributed by atoms with Gasteiger partial charge in [0, 0.05) is 6.04 Å². The molecule has 0 radical (unpaired) electrons. The van der Waals surface area contributed by atoms with Crippen LogP contribution in [0.1, 0.15) is 44.6 Å². The Bertz CT molecular complexity index is 653. The Balaban J connectivity index is 1.48. The summed E-state index contributed by atoms with van der Waals surface area (Å²) in [6, 6.07) is 9.62. The van der Waals surface area contributed by atoms with E-state index in [4.69, 9.17) is 0 Å². The van der Waals surface area contributed by atoms with Crippen molar-refractivity contribution in [1.82, 2.24) is 15.5 Å². The molecule has 3 rings (SSSR count). The van der Waals surface area contributed by atoms with Crippen molar-refractivity contribution in [2.75, 3.05) is 6.54 Å². The average Bonchev–Trinajstić information content (AvgIpc) is 3.15. The SMILES string of the molecule is C[C@H](CCc1ccccc1)NC(=O)CN1C(=O)NC2(CCCC2)C1=O. The lowest BCUT2D eigenvalue weighted by Gasteiger charge is -2.20. The maximum Gasteiger partial charge on any atom is 0.325 e. The standard InChI is InChI=1S/C19H25N3O3/c1-14(9-10-15-7-3-2-4-8-15)20-16(23)13-22-17(24)19(21-18(22)25)11-5-6-12-19/h2-4,7-8,14H,5-6,9-13H2,1H3,(H,20,23)(H,21,25)/t14-/m1/s1. The fourth-order valence-corrected chi connectivity index (χ4v) is 3.70. The average molecular weight is 343 g/mol. The minimum absolute atomic E-state index is 0.0195. The van der Waals surface area contributed by atoms with Crippen LogP contribution in [0.4, 0.5) is 4.79 Å². The molecule has 1 spiro atoms. The van der Waals surface area contributed by atoms with E-state index in [0.717, 1.165) is 30.6 Å². The largest absolute Gasteiger partial charge is 0.352 e. The number of benzene rings is 1. The van der Waals surface area contributed by atoms with Gasteiger partial charge in [0.05, 0.1) is 0 Å². The summed E-state index contributed by atoms with van der Waals surface area (Å²) in [5, 5.41) is 5.68. The third kappa shape index (κ3) is 3.83. The van der Waals surface area contributed by atoms with Crippen molar-refractivity contribution in [3.63, 3.8) is 0 Å². The molecule has 6 heteroatoms. The van der Waals surface area contributed by atoms with E-state index in [1.807, 2.05) is 25.1 Å². The summed E-state index contributed by atoms with van der Waals surface area (Å²) < 4.78 is 0. The Morgan fingerprint density at radius 2 is 1.92 bits per heavy atom. The maximum absolute atomic E-state index is 12.5. The van der Waals surface area contributed by atoms with Gasteiger partial charge in [0.1, 0.15) is 12.1 Å². The lowest BCUT2D eigenvalue weighted by Crippen LogP contribution is -2.46. The first-order valence-electron chi connectivity index (χ1n) is 8.97. The number of rotatable bonds is 6. The molecule has 134 valence electrons. The normalized spacial score (nSPS) is 20.0. The van der Waals surface area contributed by atoms with Crippen LogP contribution in [0, 0.1) is 0 Å². The van der Waals surface area contributed by atoms with E-state index in [0.29, 0.717) is 12.8 Å². The molecule has 1 aromatic carbocycles. The van der Waals surface area contributed by atoms with Gasteiger partial charge in [0.2, 0.25) is 5.91 Å². The van der Waals surface area contributed by atoms with Crippen LogP contribution in [0.3, 0.4) is 0 Å². The molecule has 6 nitrogen and oxygen atoms in total. The first-order chi connectivity index (χ1) is 12.0. The minimum atomic E-state index is -0.754. The second kappa shape index (κ2) is 7.25. The van der Waals surface area contributed by atoms with Crippen LogP contribution in [0.25, 0.3) is 0 Å². The van der Waals surface area contributed by atoms with Crippen LogP contribution >= 0.6 is 0 Å². The van der Waals surface area contributed by atoms with Gasteiger partial charge in [-0.2, -0.15) is 0 Å². The smallest absolute Gasteiger partial charge is 0.325 e. The molecule has 2 aliphatic rings. The van der Waals surface area contributed by atoms with Crippen molar-refractivity contribution in [3.8, 4) is 0 Å². The number of nitrogens with one attached hydrogen (secondary N) is 2. The van der Waals surface area contributed by atoms with E-state index < -0.39 is 11.6 Å². The van der Waals surface area contributed by atoms with Gasteiger partial charge in [-0.05, 0) is 38.2 Å². The molecule has 25 heavy (non-hydrogen) atoms. The molecule has 1 heterocycles. The Morgan fingerprint density at radius 1 is 1.24 bits per heavy atom. The van der Waals surface area contributed by atoms with Gasteiger partial charge in [-0.15, -0.1) is 0 Å². The monoisotopic (exact) mass is 343 g/mol. The van der Waals surface area contributed by atoms with Gasteiger partial charge >= 0.3 is 6.03 Å². The van der Waals surface area contributed by atoms with E-state index in [1.165, 1.54) is 5.56 Å². The van der Waals surface area contributed by atoms with E-state index >= 15 is 0 Å². The van der Waals surface area contributed by atoms with Crippen LogP contribution in [0.15, 0.2) is 30.3 Å². The summed E-state index contributed by atoms with van der Waals surface area (Å²) in [4.78, 5) is 37.9. The fraction of sp³-hybridized carbons (Fsp3) is 0.526. The van der Waals surface area contributed by atoms with Crippen LogP contribution in [-0.4, -0.2) is 40.9 Å². The third-order valence-corrected chi connectivity index (χ3v) is 5.12.